The lowest BCUT2D eigenvalue weighted by atomic mass is 10.0. The third kappa shape index (κ3) is 14.9. The average molecular weight is 714 g/mol. The minimum absolute atomic E-state index is 0.115. The van der Waals surface area contributed by atoms with Crippen LogP contribution in [0.5, 0.6) is 0 Å². The molecule has 1 aliphatic heterocycles. The fraction of sp³-hybridized carbons (Fsp3) is 0.781. The summed E-state index contributed by atoms with van der Waals surface area (Å²) in [5.41, 5.74) is 17.3. The van der Waals surface area contributed by atoms with E-state index < -0.39 is 90.3 Å². The summed E-state index contributed by atoms with van der Waals surface area (Å²) in [6.45, 7) is 6.66. The van der Waals surface area contributed by atoms with E-state index in [1.165, 1.54) is 18.7 Å². The molecule has 0 saturated carbocycles. The van der Waals surface area contributed by atoms with Gasteiger partial charge in [-0.05, 0) is 90.6 Å². The Bertz CT molecular complexity index is 1160. The molecule has 0 radical (unpaired) electrons. The molecule has 0 aromatic heterocycles. The minimum Gasteiger partial charge on any atom is -0.480 e. The lowest BCUT2D eigenvalue weighted by Crippen LogP contribution is -2.59. The quantitative estimate of drug-likeness (QED) is 0.0479. The number of carboxylic acids is 1. The van der Waals surface area contributed by atoms with E-state index >= 15 is 0 Å². The van der Waals surface area contributed by atoms with E-state index in [1.807, 2.05) is 13.8 Å². The summed E-state index contributed by atoms with van der Waals surface area (Å²) in [4.78, 5) is 91.2. The molecule has 6 amide bonds. The molecule has 1 heterocycles. The highest BCUT2D eigenvalue weighted by atomic mass is 16.4. The molecule has 18 nitrogen and oxygen atoms in total. The van der Waals surface area contributed by atoms with Crippen LogP contribution in [-0.4, -0.2) is 125 Å². The Kier molecular flexibility index (Phi) is 20.1. The highest BCUT2D eigenvalue weighted by molar-refractivity contribution is 5.97. The van der Waals surface area contributed by atoms with E-state index in [0.29, 0.717) is 64.5 Å². The fourth-order valence-corrected chi connectivity index (χ4v) is 5.42. The third-order valence-corrected chi connectivity index (χ3v) is 8.34. The number of likely N-dealkylation sites (tertiary alicyclic amines) is 1. The first-order valence-electron chi connectivity index (χ1n) is 17.4. The maximum atomic E-state index is 13.7. The van der Waals surface area contributed by atoms with Gasteiger partial charge in [-0.3, -0.25) is 33.6 Å². The Hall–Kier alpha value is -3.87. The van der Waals surface area contributed by atoms with Gasteiger partial charge < -0.3 is 58.9 Å². The van der Waals surface area contributed by atoms with E-state index in [4.69, 9.17) is 22.3 Å². The van der Waals surface area contributed by atoms with Crippen LogP contribution < -0.4 is 43.8 Å². The van der Waals surface area contributed by atoms with Gasteiger partial charge >= 0.3 is 5.97 Å². The number of carbonyl (C=O) groups is 7. The van der Waals surface area contributed by atoms with Gasteiger partial charge in [-0.2, -0.15) is 0 Å². The SMILES string of the molecule is CC(C)CC(N)C(=O)NC(CCCCN)C(=O)N1CCCC1C(=O)NC(C)C(=O)NC(CCCCN)C(=O)NC(CO)C(=O)NC(C)C(=O)O. The minimum atomic E-state index is -1.49. The van der Waals surface area contributed by atoms with Crippen LogP contribution in [0, 0.1) is 5.92 Å². The molecule has 1 rings (SSSR count). The number of aliphatic hydroxyl groups excluding tert-OH is 1. The second-order valence-electron chi connectivity index (χ2n) is 13.2. The number of aliphatic carboxylic acids is 1. The predicted octanol–water partition coefficient (Wildman–Crippen LogP) is -2.85. The lowest BCUT2D eigenvalue weighted by molar-refractivity contribution is -0.142. The molecule has 13 N–H and O–H groups in total. The molecule has 7 atom stereocenters. The van der Waals surface area contributed by atoms with Crippen molar-refractivity contribution in [2.45, 2.75) is 128 Å². The maximum absolute atomic E-state index is 13.7. The Balaban J connectivity index is 3.00. The van der Waals surface area contributed by atoms with Crippen molar-refractivity contribution in [2.75, 3.05) is 26.2 Å². The highest BCUT2D eigenvalue weighted by Crippen LogP contribution is 2.20. The number of nitrogens with one attached hydrogen (secondary N) is 5. The van der Waals surface area contributed by atoms with Crippen LogP contribution in [0.3, 0.4) is 0 Å². The Labute approximate surface area is 293 Å². The van der Waals surface area contributed by atoms with Gasteiger partial charge in [-0.1, -0.05) is 13.8 Å². The average Bonchev–Trinajstić information content (AvgIpc) is 3.55. The molecule has 1 saturated heterocycles. The van der Waals surface area contributed by atoms with Crippen LogP contribution in [-0.2, 0) is 33.6 Å². The molecule has 1 aliphatic rings. The summed E-state index contributed by atoms with van der Waals surface area (Å²) >= 11 is 0. The number of rotatable bonds is 23. The summed E-state index contributed by atoms with van der Waals surface area (Å²) in [6, 6.07) is -7.72. The van der Waals surface area contributed by atoms with Crippen molar-refractivity contribution in [3.8, 4) is 0 Å². The second kappa shape index (κ2) is 22.8. The number of unbranched alkanes of at least 4 members (excludes halogenated alkanes) is 2. The molecule has 286 valence electrons. The number of hydrogen-bond donors (Lipinski definition) is 10. The Morgan fingerprint density at radius 3 is 1.80 bits per heavy atom. The van der Waals surface area contributed by atoms with Gasteiger partial charge in [-0.15, -0.1) is 0 Å². The van der Waals surface area contributed by atoms with Crippen LogP contribution in [0.4, 0.5) is 0 Å². The van der Waals surface area contributed by atoms with Crippen LogP contribution in [0.1, 0.15) is 85.5 Å². The summed E-state index contributed by atoms with van der Waals surface area (Å²) in [7, 11) is 0. The van der Waals surface area contributed by atoms with Gasteiger partial charge in [-0.25, -0.2) is 0 Å². The Morgan fingerprint density at radius 2 is 1.26 bits per heavy atom. The fourth-order valence-electron chi connectivity index (χ4n) is 5.42. The smallest absolute Gasteiger partial charge is 0.325 e. The maximum Gasteiger partial charge on any atom is 0.325 e. The number of amides is 6. The van der Waals surface area contributed by atoms with Gasteiger partial charge in [0.2, 0.25) is 35.4 Å². The molecule has 0 aromatic carbocycles. The van der Waals surface area contributed by atoms with Crippen LogP contribution >= 0.6 is 0 Å². The zero-order valence-electron chi connectivity index (χ0n) is 29.7. The van der Waals surface area contributed by atoms with Crippen molar-refractivity contribution in [3.05, 3.63) is 0 Å². The van der Waals surface area contributed by atoms with Crippen molar-refractivity contribution in [1.29, 1.82) is 0 Å². The van der Waals surface area contributed by atoms with Crippen LogP contribution in [0.2, 0.25) is 0 Å². The summed E-state index contributed by atoms with van der Waals surface area (Å²) in [5.74, 6) is -5.09. The monoisotopic (exact) mass is 713 g/mol. The molecular formula is C32H59N9O9. The van der Waals surface area contributed by atoms with Crippen molar-refractivity contribution in [1.82, 2.24) is 31.5 Å². The predicted molar refractivity (Wildman–Crippen MR) is 184 cm³/mol. The van der Waals surface area contributed by atoms with Gasteiger partial charge in [0.05, 0.1) is 12.6 Å². The largest absolute Gasteiger partial charge is 0.480 e. The van der Waals surface area contributed by atoms with Gasteiger partial charge in [0.1, 0.15) is 36.3 Å². The topological polar surface area (TPSA) is 301 Å². The molecule has 1 fully saturated rings. The van der Waals surface area contributed by atoms with E-state index in [2.05, 4.69) is 26.6 Å². The number of carboxylic acid groups (broad SMARTS) is 1. The van der Waals surface area contributed by atoms with Crippen molar-refractivity contribution in [2.24, 2.45) is 23.1 Å². The number of hydrogen-bond acceptors (Lipinski definition) is 11. The summed E-state index contributed by atoms with van der Waals surface area (Å²) in [5, 5.41) is 31.1. The van der Waals surface area contributed by atoms with Gasteiger partial charge in [0.15, 0.2) is 0 Å². The number of aliphatic hydroxyl groups is 1. The van der Waals surface area contributed by atoms with E-state index in [9.17, 15) is 38.7 Å². The zero-order chi connectivity index (χ0) is 38.0. The molecule has 0 bridgehead atoms. The first kappa shape index (κ1) is 44.2. The van der Waals surface area contributed by atoms with Gasteiger partial charge in [0.25, 0.3) is 0 Å². The van der Waals surface area contributed by atoms with Crippen molar-refractivity contribution < 1.29 is 43.8 Å². The first-order valence-corrected chi connectivity index (χ1v) is 17.4. The summed E-state index contributed by atoms with van der Waals surface area (Å²) in [6.07, 6.45) is 3.86. The third-order valence-electron chi connectivity index (χ3n) is 8.34. The van der Waals surface area contributed by atoms with Crippen LogP contribution in [0.15, 0.2) is 0 Å². The standard InChI is InChI=1S/C32H59N9O9/c1-18(2)16-21(35)27(44)39-23(11-6-8-14-34)31(48)41-15-9-12-25(41)30(47)36-19(3)26(43)38-22(10-5-7-13-33)28(45)40-24(17-42)29(46)37-20(4)32(49)50/h18-25,42H,5-17,33-35H2,1-4H3,(H,36,47)(H,37,46)(H,38,43)(H,39,44)(H,40,45)(H,49,50). The van der Waals surface area contributed by atoms with Gasteiger partial charge in [0, 0.05) is 6.54 Å². The van der Waals surface area contributed by atoms with E-state index in [-0.39, 0.29) is 18.9 Å². The number of carbonyl (C=O) groups excluding carboxylic acids is 6. The molecule has 0 spiro atoms. The molecule has 7 unspecified atom stereocenters. The second-order valence-corrected chi connectivity index (χ2v) is 13.2. The van der Waals surface area contributed by atoms with Crippen LogP contribution in [0.25, 0.3) is 0 Å². The molecule has 0 aliphatic carbocycles. The van der Waals surface area contributed by atoms with E-state index in [1.54, 1.807) is 0 Å². The normalized spacial score (nSPS) is 17.9. The summed E-state index contributed by atoms with van der Waals surface area (Å²) < 4.78 is 0. The molecule has 18 heteroatoms. The molecule has 50 heavy (non-hydrogen) atoms. The van der Waals surface area contributed by atoms with Crippen molar-refractivity contribution >= 4 is 41.4 Å². The van der Waals surface area contributed by atoms with Crippen molar-refractivity contribution in [3.63, 3.8) is 0 Å². The highest BCUT2D eigenvalue weighted by Gasteiger charge is 2.39. The lowest BCUT2D eigenvalue weighted by Gasteiger charge is -2.30. The molecule has 0 aromatic rings. The number of nitrogens with two attached hydrogens (primary N) is 3. The zero-order valence-corrected chi connectivity index (χ0v) is 29.7. The molecular weight excluding hydrogens is 654 g/mol. The first-order chi connectivity index (χ1) is 23.6. The Morgan fingerprint density at radius 1 is 0.720 bits per heavy atom. The number of nitrogens with zero attached hydrogens (tertiary/aromatic N) is 1. The van der Waals surface area contributed by atoms with E-state index in [0.717, 1.165) is 0 Å².